The smallest absolute Gasteiger partial charge is 0.407 e. The van der Waals surface area contributed by atoms with Gasteiger partial charge in [0.2, 0.25) is 5.91 Å². The molecule has 34 heavy (non-hydrogen) atoms. The summed E-state index contributed by atoms with van der Waals surface area (Å²) in [6.07, 6.45) is 2.86. The number of benzene rings is 2. The maximum absolute atomic E-state index is 12.8. The molecular formula is C27H32N2O5. The van der Waals surface area contributed by atoms with E-state index in [1.807, 2.05) is 24.3 Å². The first-order chi connectivity index (χ1) is 16.3. The Kier molecular flexibility index (Phi) is 6.91. The molecule has 0 spiro atoms. The molecule has 0 aromatic heterocycles. The van der Waals surface area contributed by atoms with Gasteiger partial charge in [-0.05, 0) is 54.9 Å². The van der Waals surface area contributed by atoms with Gasteiger partial charge in [0.25, 0.3) is 0 Å². The van der Waals surface area contributed by atoms with E-state index >= 15 is 0 Å². The van der Waals surface area contributed by atoms with Gasteiger partial charge in [-0.15, -0.1) is 0 Å². The van der Waals surface area contributed by atoms with E-state index in [2.05, 4.69) is 34.9 Å². The molecule has 4 rings (SSSR count). The molecule has 0 heterocycles. The molecule has 0 radical (unpaired) electrons. The maximum Gasteiger partial charge on any atom is 0.407 e. The van der Waals surface area contributed by atoms with Crippen LogP contribution < -0.4 is 10.6 Å². The first-order valence-corrected chi connectivity index (χ1v) is 11.9. The van der Waals surface area contributed by atoms with Crippen molar-refractivity contribution >= 4 is 18.0 Å². The van der Waals surface area contributed by atoms with Crippen molar-refractivity contribution in [3.8, 4) is 11.1 Å². The van der Waals surface area contributed by atoms with Gasteiger partial charge in [-0.2, -0.15) is 0 Å². The van der Waals surface area contributed by atoms with Gasteiger partial charge in [-0.3, -0.25) is 4.79 Å². The van der Waals surface area contributed by atoms with Crippen molar-refractivity contribution in [3.05, 3.63) is 59.7 Å². The molecule has 0 unspecified atom stereocenters. The fraction of sp³-hybridized carbons (Fsp3) is 0.444. The molecule has 0 saturated heterocycles. The van der Waals surface area contributed by atoms with Crippen LogP contribution in [0.3, 0.4) is 0 Å². The number of hydrogen-bond donors (Lipinski definition) is 3. The number of rotatable bonds is 7. The van der Waals surface area contributed by atoms with Crippen LogP contribution >= 0.6 is 0 Å². The second-order valence-electron chi connectivity index (χ2n) is 9.78. The number of ether oxygens (including phenoxy) is 1. The van der Waals surface area contributed by atoms with Crippen LogP contribution in [0.2, 0.25) is 0 Å². The lowest BCUT2D eigenvalue weighted by molar-refractivity contribution is -0.147. The summed E-state index contributed by atoms with van der Waals surface area (Å²) in [7, 11) is 0. The van der Waals surface area contributed by atoms with Crippen LogP contribution in [0.5, 0.6) is 0 Å². The molecule has 2 aromatic rings. The molecule has 7 heteroatoms. The highest BCUT2D eigenvalue weighted by Gasteiger charge is 2.36. The molecule has 2 aliphatic carbocycles. The number of fused-ring (bicyclic) bond motifs is 3. The molecule has 2 amide bonds. The van der Waals surface area contributed by atoms with Gasteiger partial charge in [-0.1, -0.05) is 61.4 Å². The summed E-state index contributed by atoms with van der Waals surface area (Å²) in [6.45, 7) is 3.50. The van der Waals surface area contributed by atoms with E-state index < -0.39 is 17.6 Å². The van der Waals surface area contributed by atoms with E-state index in [0.717, 1.165) is 30.4 Å². The van der Waals surface area contributed by atoms with E-state index in [9.17, 15) is 19.5 Å². The molecule has 0 bridgehead atoms. The van der Waals surface area contributed by atoms with Crippen LogP contribution in [0.15, 0.2) is 48.5 Å². The lowest BCUT2D eigenvalue weighted by Crippen LogP contribution is -2.53. The molecule has 3 N–H and O–H groups in total. The molecule has 7 nitrogen and oxygen atoms in total. The van der Waals surface area contributed by atoms with E-state index in [1.165, 1.54) is 25.0 Å². The predicted molar refractivity (Wildman–Crippen MR) is 128 cm³/mol. The van der Waals surface area contributed by atoms with E-state index in [-0.39, 0.29) is 30.3 Å². The minimum Gasteiger partial charge on any atom is -0.480 e. The Hall–Kier alpha value is -3.35. The third-order valence-electron chi connectivity index (χ3n) is 7.07. The Morgan fingerprint density at radius 3 is 2.18 bits per heavy atom. The zero-order chi connectivity index (χ0) is 24.3. The Bertz CT molecular complexity index is 1030. The number of carboxylic acid groups (broad SMARTS) is 1. The molecule has 1 fully saturated rings. The number of aliphatic carboxylic acids is 1. The fourth-order valence-corrected chi connectivity index (χ4v) is 5.12. The quantitative estimate of drug-likeness (QED) is 0.566. The van der Waals surface area contributed by atoms with Crippen molar-refractivity contribution < 1.29 is 24.2 Å². The summed E-state index contributed by atoms with van der Waals surface area (Å²) in [5, 5.41) is 14.8. The lowest BCUT2D eigenvalue weighted by Gasteiger charge is -2.33. The molecule has 180 valence electrons. The Morgan fingerprint density at radius 1 is 0.971 bits per heavy atom. The minimum atomic E-state index is -1.33. The number of carbonyl (C=O) groups excluding carboxylic acids is 2. The summed E-state index contributed by atoms with van der Waals surface area (Å²) < 4.78 is 5.61. The Labute approximate surface area is 199 Å². The summed E-state index contributed by atoms with van der Waals surface area (Å²) >= 11 is 0. The number of amides is 2. The van der Waals surface area contributed by atoms with Gasteiger partial charge in [0.15, 0.2) is 0 Å². The van der Waals surface area contributed by atoms with Crippen molar-refractivity contribution in [2.75, 3.05) is 13.2 Å². The highest BCUT2D eigenvalue weighted by Crippen LogP contribution is 2.44. The molecule has 2 atom stereocenters. The van der Waals surface area contributed by atoms with E-state index in [4.69, 9.17) is 4.74 Å². The highest BCUT2D eigenvalue weighted by molar-refractivity contribution is 5.87. The lowest BCUT2D eigenvalue weighted by atomic mass is 9.78. The van der Waals surface area contributed by atoms with E-state index in [0.29, 0.717) is 13.0 Å². The Balaban J connectivity index is 1.34. The van der Waals surface area contributed by atoms with Gasteiger partial charge in [0.05, 0.1) is 0 Å². The number of carboxylic acids is 1. The summed E-state index contributed by atoms with van der Waals surface area (Å²) in [4.78, 5) is 36.7. The predicted octanol–water partition coefficient (Wildman–Crippen LogP) is 4.31. The van der Waals surface area contributed by atoms with Crippen molar-refractivity contribution in [2.24, 2.45) is 11.8 Å². The van der Waals surface area contributed by atoms with Crippen LogP contribution in [0.25, 0.3) is 11.1 Å². The van der Waals surface area contributed by atoms with Crippen molar-refractivity contribution in [2.45, 2.75) is 51.0 Å². The van der Waals surface area contributed by atoms with E-state index in [1.54, 1.807) is 0 Å². The monoisotopic (exact) mass is 464 g/mol. The summed E-state index contributed by atoms with van der Waals surface area (Å²) in [5.74, 6) is -1.75. The second kappa shape index (κ2) is 9.87. The molecule has 2 aliphatic rings. The SMILES string of the molecule is CC(C)(NC(=O)[C@@H]1CCCC[C@@H]1CNC(=O)OCC1c2ccccc2-c2ccccc21)C(=O)O. The second-order valence-corrected chi connectivity index (χ2v) is 9.78. The number of hydrogen-bond acceptors (Lipinski definition) is 4. The molecule has 2 aromatic carbocycles. The van der Waals surface area contributed by atoms with Gasteiger partial charge >= 0.3 is 12.1 Å². The zero-order valence-electron chi connectivity index (χ0n) is 19.7. The fourth-order valence-electron chi connectivity index (χ4n) is 5.12. The van der Waals surface area contributed by atoms with Gasteiger partial charge in [0, 0.05) is 18.4 Å². The highest BCUT2D eigenvalue weighted by atomic mass is 16.5. The van der Waals surface area contributed by atoms with Crippen molar-refractivity contribution in [3.63, 3.8) is 0 Å². The molecule has 1 saturated carbocycles. The van der Waals surface area contributed by atoms with Crippen LogP contribution in [-0.2, 0) is 14.3 Å². The first-order valence-electron chi connectivity index (χ1n) is 11.9. The third kappa shape index (κ3) is 4.93. The van der Waals surface area contributed by atoms with Gasteiger partial charge in [-0.25, -0.2) is 9.59 Å². The summed E-state index contributed by atoms with van der Waals surface area (Å²) in [6, 6.07) is 16.4. The first kappa shape index (κ1) is 23.8. The summed E-state index contributed by atoms with van der Waals surface area (Å²) in [5.41, 5.74) is 3.32. The van der Waals surface area contributed by atoms with Crippen LogP contribution in [0.1, 0.15) is 56.6 Å². The van der Waals surface area contributed by atoms with Crippen LogP contribution in [0, 0.1) is 11.8 Å². The van der Waals surface area contributed by atoms with Crippen molar-refractivity contribution in [1.29, 1.82) is 0 Å². The topological polar surface area (TPSA) is 105 Å². The number of carbonyl (C=O) groups is 3. The van der Waals surface area contributed by atoms with Crippen LogP contribution in [-0.4, -0.2) is 41.8 Å². The average Bonchev–Trinajstić information content (AvgIpc) is 3.15. The van der Waals surface area contributed by atoms with Crippen LogP contribution in [0.4, 0.5) is 4.79 Å². The van der Waals surface area contributed by atoms with Gasteiger partial charge in [0.1, 0.15) is 12.1 Å². The molecular weight excluding hydrogens is 432 g/mol. The number of alkyl carbamates (subject to hydrolysis) is 1. The minimum absolute atomic E-state index is 0.00962. The standard InChI is InChI=1S/C27H32N2O5/c1-27(2,25(31)32)29-24(30)18-10-4-3-9-17(18)15-28-26(33)34-16-23-21-13-7-5-11-19(21)20-12-6-8-14-22(20)23/h5-8,11-14,17-18,23H,3-4,9-10,15-16H2,1-2H3,(H,28,33)(H,29,30)(H,31,32)/t17-,18-/m1/s1. The van der Waals surface area contributed by atoms with Crippen molar-refractivity contribution in [1.82, 2.24) is 10.6 Å². The number of nitrogens with one attached hydrogen (secondary N) is 2. The molecule has 0 aliphatic heterocycles. The Morgan fingerprint density at radius 2 is 1.56 bits per heavy atom. The third-order valence-corrected chi connectivity index (χ3v) is 7.07. The normalized spacial score (nSPS) is 19.6. The largest absolute Gasteiger partial charge is 0.480 e. The average molecular weight is 465 g/mol. The van der Waals surface area contributed by atoms with Gasteiger partial charge < -0.3 is 20.5 Å². The zero-order valence-corrected chi connectivity index (χ0v) is 19.7. The maximum atomic E-state index is 12.8.